The van der Waals surface area contributed by atoms with E-state index in [-0.39, 0.29) is 18.1 Å². The first-order valence-corrected chi connectivity index (χ1v) is 11.8. The summed E-state index contributed by atoms with van der Waals surface area (Å²) in [7, 11) is -3.56. The zero-order valence-electron chi connectivity index (χ0n) is 16.9. The number of hydrogen-bond donors (Lipinski definition) is 1. The van der Waals surface area contributed by atoms with E-state index in [0.717, 1.165) is 6.26 Å². The van der Waals surface area contributed by atoms with E-state index in [1.165, 1.54) is 18.2 Å². The fourth-order valence-corrected chi connectivity index (χ4v) is 4.37. The number of allylic oxidation sites excluding steroid dienone is 2. The molecule has 31 heavy (non-hydrogen) atoms. The van der Waals surface area contributed by atoms with E-state index in [1.54, 1.807) is 37.3 Å². The summed E-state index contributed by atoms with van der Waals surface area (Å²) in [5.74, 6) is -3.69. The van der Waals surface area contributed by atoms with Gasteiger partial charge in [0.05, 0.1) is 23.6 Å². The molecule has 6 nitrogen and oxygen atoms in total. The second kappa shape index (κ2) is 9.20. The topological polar surface area (TPSA) is 89.5 Å². The quantitative estimate of drug-likeness (QED) is 0.511. The van der Waals surface area contributed by atoms with Crippen molar-refractivity contribution in [2.24, 2.45) is 5.92 Å². The Bertz CT molecular complexity index is 1160. The van der Waals surface area contributed by atoms with Gasteiger partial charge < -0.3 is 4.74 Å². The van der Waals surface area contributed by atoms with Crippen molar-refractivity contribution in [2.75, 3.05) is 17.6 Å². The minimum atomic E-state index is -3.56. The highest BCUT2D eigenvalue weighted by atomic mass is 35.5. The van der Waals surface area contributed by atoms with Gasteiger partial charge in [-0.25, -0.2) is 12.8 Å². The molecule has 1 N–H and O–H groups in total. The predicted molar refractivity (Wildman–Crippen MR) is 117 cm³/mol. The van der Waals surface area contributed by atoms with E-state index in [2.05, 4.69) is 4.72 Å². The van der Waals surface area contributed by atoms with E-state index >= 15 is 0 Å². The first-order chi connectivity index (χ1) is 14.6. The first-order valence-electron chi connectivity index (χ1n) is 9.54. The highest BCUT2D eigenvalue weighted by Gasteiger charge is 2.40. The van der Waals surface area contributed by atoms with Crippen LogP contribution < -0.4 is 4.72 Å². The third kappa shape index (κ3) is 5.32. The smallest absolute Gasteiger partial charge is 0.317 e. The fourth-order valence-electron chi connectivity index (χ4n) is 3.68. The summed E-state index contributed by atoms with van der Waals surface area (Å²) in [5.41, 5.74) is 1.76. The van der Waals surface area contributed by atoms with Crippen LogP contribution in [0.1, 0.15) is 30.4 Å². The summed E-state index contributed by atoms with van der Waals surface area (Å²) in [5, 5.41) is -0.0722. The van der Waals surface area contributed by atoms with E-state index < -0.39 is 39.4 Å². The third-order valence-electron chi connectivity index (χ3n) is 4.95. The maximum atomic E-state index is 14.2. The number of carbonyl (C=O) groups is 2. The molecule has 2 aromatic rings. The van der Waals surface area contributed by atoms with Gasteiger partial charge in [0.2, 0.25) is 10.0 Å². The van der Waals surface area contributed by atoms with Crippen molar-refractivity contribution in [1.82, 2.24) is 0 Å². The highest BCUT2D eigenvalue weighted by Crippen LogP contribution is 2.42. The number of rotatable bonds is 6. The molecule has 1 aliphatic carbocycles. The second-order valence-electron chi connectivity index (χ2n) is 7.21. The SMILES string of the molecule is CCOC(=O)[C@@H]1C(=O)C=C(c2ccccc2NS(C)(=O)=O)C[C@@H]1c1ccc(Cl)c(F)c1. The molecule has 2 aromatic carbocycles. The molecule has 1 aliphatic rings. The number of benzene rings is 2. The Morgan fingerprint density at radius 2 is 1.97 bits per heavy atom. The Hall–Kier alpha value is -2.71. The van der Waals surface area contributed by atoms with Gasteiger partial charge in [0.1, 0.15) is 11.7 Å². The Balaban J connectivity index is 2.09. The van der Waals surface area contributed by atoms with Crippen LogP contribution in [0.3, 0.4) is 0 Å². The number of ketones is 1. The van der Waals surface area contributed by atoms with Crippen LogP contribution in [-0.4, -0.2) is 33.0 Å². The number of anilines is 1. The lowest BCUT2D eigenvalue weighted by Gasteiger charge is -2.30. The van der Waals surface area contributed by atoms with Crippen molar-refractivity contribution in [3.8, 4) is 0 Å². The van der Waals surface area contributed by atoms with E-state index in [1.807, 2.05) is 0 Å². The molecule has 0 fully saturated rings. The summed E-state index contributed by atoms with van der Waals surface area (Å²) in [6.07, 6.45) is 2.55. The maximum Gasteiger partial charge on any atom is 0.317 e. The molecule has 0 radical (unpaired) electrons. The second-order valence-corrected chi connectivity index (χ2v) is 9.36. The number of esters is 1. The monoisotopic (exact) mass is 465 g/mol. The Labute approximate surface area is 185 Å². The van der Waals surface area contributed by atoms with Crippen LogP contribution in [-0.2, 0) is 24.3 Å². The minimum Gasteiger partial charge on any atom is -0.465 e. The summed E-state index contributed by atoms with van der Waals surface area (Å²) in [6.45, 7) is 1.73. The zero-order valence-corrected chi connectivity index (χ0v) is 18.5. The summed E-state index contributed by atoms with van der Waals surface area (Å²) < 4.78 is 45.2. The van der Waals surface area contributed by atoms with Crippen LogP contribution in [0.5, 0.6) is 0 Å². The predicted octanol–water partition coefficient (Wildman–Crippen LogP) is 4.17. The number of para-hydroxylation sites is 1. The van der Waals surface area contributed by atoms with Crippen molar-refractivity contribution in [2.45, 2.75) is 19.3 Å². The third-order valence-corrected chi connectivity index (χ3v) is 5.84. The number of hydrogen-bond acceptors (Lipinski definition) is 5. The largest absolute Gasteiger partial charge is 0.465 e. The average Bonchev–Trinajstić information content (AvgIpc) is 2.68. The number of ether oxygens (including phenoxy) is 1. The molecule has 2 atom stereocenters. The van der Waals surface area contributed by atoms with Gasteiger partial charge in [-0.15, -0.1) is 0 Å². The summed E-state index contributed by atoms with van der Waals surface area (Å²) in [6, 6.07) is 10.8. The van der Waals surface area contributed by atoms with Gasteiger partial charge in [-0.1, -0.05) is 35.9 Å². The van der Waals surface area contributed by atoms with Crippen LogP contribution in [0.25, 0.3) is 5.57 Å². The lowest BCUT2D eigenvalue weighted by atomic mass is 9.73. The Morgan fingerprint density at radius 1 is 1.26 bits per heavy atom. The van der Waals surface area contributed by atoms with E-state index in [0.29, 0.717) is 22.4 Å². The number of nitrogens with one attached hydrogen (secondary N) is 1. The van der Waals surface area contributed by atoms with Gasteiger partial charge in [-0.3, -0.25) is 14.3 Å². The summed E-state index contributed by atoms with van der Waals surface area (Å²) >= 11 is 5.79. The van der Waals surface area contributed by atoms with Crippen molar-refractivity contribution < 1.29 is 27.1 Å². The van der Waals surface area contributed by atoms with Crippen LogP contribution in [0.15, 0.2) is 48.5 Å². The van der Waals surface area contributed by atoms with E-state index in [9.17, 15) is 22.4 Å². The van der Waals surface area contributed by atoms with Crippen LogP contribution in [0.2, 0.25) is 5.02 Å². The van der Waals surface area contributed by atoms with Gasteiger partial charge in [-0.2, -0.15) is 0 Å². The molecule has 0 amide bonds. The molecule has 0 saturated heterocycles. The van der Waals surface area contributed by atoms with Gasteiger partial charge >= 0.3 is 5.97 Å². The Kier molecular flexibility index (Phi) is 6.81. The molecule has 3 rings (SSSR count). The standard InChI is InChI=1S/C22H21ClFNO5S/c1-3-30-22(27)21-16(13-8-9-17(23)18(24)11-13)10-14(12-20(21)26)15-6-4-5-7-19(15)25-31(2,28)29/h4-9,11-12,16,21,25H,3,10H2,1-2H3/t16-,21+/m1/s1. The maximum absolute atomic E-state index is 14.2. The van der Waals surface area contributed by atoms with Crippen LogP contribution >= 0.6 is 11.6 Å². The summed E-state index contributed by atoms with van der Waals surface area (Å²) in [4.78, 5) is 25.5. The molecule has 9 heteroatoms. The molecular weight excluding hydrogens is 445 g/mol. The molecule has 0 unspecified atom stereocenters. The molecule has 0 aliphatic heterocycles. The number of carbonyl (C=O) groups excluding carboxylic acids is 2. The average molecular weight is 466 g/mol. The van der Waals surface area contributed by atoms with Crippen molar-refractivity contribution >= 4 is 44.6 Å². The Morgan fingerprint density at radius 3 is 2.61 bits per heavy atom. The van der Waals surface area contributed by atoms with Crippen molar-refractivity contribution in [1.29, 1.82) is 0 Å². The molecule has 0 heterocycles. The minimum absolute atomic E-state index is 0.0722. The zero-order chi connectivity index (χ0) is 22.8. The molecular formula is C22H21ClFNO5S. The van der Waals surface area contributed by atoms with Gasteiger partial charge in [0.25, 0.3) is 0 Å². The lowest BCUT2D eigenvalue weighted by Crippen LogP contribution is -2.34. The van der Waals surface area contributed by atoms with Gasteiger partial charge in [-0.05, 0) is 48.8 Å². The molecule has 0 spiro atoms. The van der Waals surface area contributed by atoms with Crippen molar-refractivity contribution in [3.63, 3.8) is 0 Å². The molecule has 0 saturated carbocycles. The number of halogens is 2. The van der Waals surface area contributed by atoms with Gasteiger partial charge in [0, 0.05) is 11.5 Å². The van der Waals surface area contributed by atoms with Gasteiger partial charge in [0.15, 0.2) is 5.78 Å². The molecule has 0 bridgehead atoms. The number of sulfonamides is 1. The lowest BCUT2D eigenvalue weighted by molar-refractivity contribution is -0.151. The normalized spacial score (nSPS) is 19.0. The fraction of sp³-hybridized carbons (Fsp3) is 0.273. The van der Waals surface area contributed by atoms with E-state index in [4.69, 9.17) is 16.3 Å². The van der Waals surface area contributed by atoms with Crippen LogP contribution in [0.4, 0.5) is 10.1 Å². The van der Waals surface area contributed by atoms with Crippen LogP contribution in [0, 0.1) is 11.7 Å². The van der Waals surface area contributed by atoms with Crippen molar-refractivity contribution in [3.05, 3.63) is 70.5 Å². The highest BCUT2D eigenvalue weighted by molar-refractivity contribution is 7.92. The molecule has 164 valence electrons. The first kappa shape index (κ1) is 23.0. The molecule has 0 aromatic heterocycles.